The lowest BCUT2D eigenvalue weighted by Crippen LogP contribution is -2.00. The minimum atomic E-state index is 0.575. The fraction of sp³-hybridized carbons (Fsp3) is 0.308. The van der Waals surface area contributed by atoms with Crippen molar-refractivity contribution in [2.45, 2.75) is 28.2 Å². The first-order chi connectivity index (χ1) is 8.74. The standard InChI is InChI=1S/C13H17N3S2/c1-3-17-12-5-4-6-13(11(12)7-14)18-10-8-15-16(2)9-10/h4-6,8-9H,3,7,14H2,1-2H3. The number of hydrogen-bond donors (Lipinski definition) is 1. The van der Waals surface area contributed by atoms with Crippen molar-refractivity contribution in [1.82, 2.24) is 9.78 Å². The number of aromatic nitrogens is 2. The van der Waals surface area contributed by atoms with Crippen molar-refractivity contribution in [3.8, 4) is 0 Å². The topological polar surface area (TPSA) is 43.8 Å². The number of thioether (sulfide) groups is 1. The van der Waals surface area contributed by atoms with Gasteiger partial charge in [-0.25, -0.2) is 0 Å². The van der Waals surface area contributed by atoms with E-state index in [2.05, 4.69) is 30.2 Å². The molecule has 5 heteroatoms. The van der Waals surface area contributed by atoms with E-state index in [0.29, 0.717) is 6.54 Å². The van der Waals surface area contributed by atoms with Crippen molar-refractivity contribution in [3.05, 3.63) is 36.2 Å². The van der Waals surface area contributed by atoms with E-state index in [1.807, 2.05) is 35.9 Å². The Kier molecular flexibility index (Phi) is 4.74. The van der Waals surface area contributed by atoms with Crippen LogP contribution in [0.2, 0.25) is 0 Å². The van der Waals surface area contributed by atoms with Gasteiger partial charge in [-0.2, -0.15) is 5.10 Å². The van der Waals surface area contributed by atoms with E-state index in [0.717, 1.165) is 10.6 Å². The Hall–Kier alpha value is -0.910. The fourth-order valence-electron chi connectivity index (χ4n) is 1.71. The maximum absolute atomic E-state index is 5.89. The Bertz CT molecular complexity index is 523. The fourth-order valence-corrected chi connectivity index (χ4v) is 3.65. The Balaban J connectivity index is 2.29. The Morgan fingerprint density at radius 2 is 2.11 bits per heavy atom. The average molecular weight is 279 g/mol. The van der Waals surface area contributed by atoms with E-state index >= 15 is 0 Å². The van der Waals surface area contributed by atoms with Crippen LogP contribution in [0.3, 0.4) is 0 Å². The predicted molar refractivity (Wildman–Crippen MR) is 78.1 cm³/mol. The van der Waals surface area contributed by atoms with Crippen LogP contribution < -0.4 is 5.73 Å². The van der Waals surface area contributed by atoms with E-state index < -0.39 is 0 Å². The van der Waals surface area contributed by atoms with Gasteiger partial charge in [0.15, 0.2) is 0 Å². The van der Waals surface area contributed by atoms with Crippen molar-refractivity contribution < 1.29 is 0 Å². The first-order valence-electron chi connectivity index (χ1n) is 5.85. The molecule has 0 saturated carbocycles. The molecular weight excluding hydrogens is 262 g/mol. The quantitative estimate of drug-likeness (QED) is 0.854. The van der Waals surface area contributed by atoms with E-state index in [1.54, 1.807) is 11.8 Å². The molecule has 96 valence electrons. The van der Waals surface area contributed by atoms with Gasteiger partial charge in [-0.15, -0.1) is 11.8 Å². The Labute approximate surface area is 116 Å². The van der Waals surface area contributed by atoms with Gasteiger partial charge in [-0.05, 0) is 23.4 Å². The minimum Gasteiger partial charge on any atom is -0.326 e. The molecule has 0 bridgehead atoms. The van der Waals surface area contributed by atoms with Crippen LogP contribution in [-0.2, 0) is 13.6 Å². The molecular formula is C13H17N3S2. The molecule has 0 aliphatic carbocycles. The summed E-state index contributed by atoms with van der Waals surface area (Å²) in [6.45, 7) is 2.73. The molecule has 0 unspecified atom stereocenters. The van der Waals surface area contributed by atoms with Crippen LogP contribution in [0.4, 0.5) is 0 Å². The zero-order chi connectivity index (χ0) is 13.0. The molecule has 0 aliphatic heterocycles. The highest BCUT2D eigenvalue weighted by Crippen LogP contribution is 2.34. The van der Waals surface area contributed by atoms with Gasteiger partial charge in [-0.1, -0.05) is 24.8 Å². The highest BCUT2D eigenvalue weighted by atomic mass is 32.2. The van der Waals surface area contributed by atoms with Crippen molar-refractivity contribution in [2.75, 3.05) is 5.75 Å². The second-order valence-corrected chi connectivity index (χ2v) is 6.24. The van der Waals surface area contributed by atoms with Crippen LogP contribution in [0.15, 0.2) is 45.3 Å². The van der Waals surface area contributed by atoms with E-state index in [1.165, 1.54) is 15.4 Å². The number of nitrogens with zero attached hydrogens (tertiary/aromatic N) is 2. The molecule has 1 aromatic heterocycles. The van der Waals surface area contributed by atoms with Crippen molar-refractivity contribution in [2.24, 2.45) is 12.8 Å². The number of nitrogens with two attached hydrogens (primary N) is 1. The summed E-state index contributed by atoms with van der Waals surface area (Å²) >= 11 is 3.57. The van der Waals surface area contributed by atoms with Gasteiger partial charge in [0.05, 0.1) is 11.1 Å². The molecule has 18 heavy (non-hydrogen) atoms. The normalized spacial score (nSPS) is 10.8. The highest BCUT2D eigenvalue weighted by molar-refractivity contribution is 8.00. The predicted octanol–water partition coefficient (Wildman–Crippen LogP) is 3.14. The van der Waals surface area contributed by atoms with Gasteiger partial charge in [-0.3, -0.25) is 4.68 Å². The maximum atomic E-state index is 5.89. The summed E-state index contributed by atoms with van der Waals surface area (Å²) < 4.78 is 1.81. The van der Waals surface area contributed by atoms with E-state index in [4.69, 9.17) is 5.73 Å². The molecule has 0 atom stereocenters. The first kappa shape index (κ1) is 13.5. The zero-order valence-electron chi connectivity index (χ0n) is 10.6. The zero-order valence-corrected chi connectivity index (χ0v) is 12.2. The lowest BCUT2D eigenvalue weighted by Gasteiger charge is -2.11. The van der Waals surface area contributed by atoms with Crippen LogP contribution in [-0.4, -0.2) is 15.5 Å². The Morgan fingerprint density at radius 1 is 1.33 bits per heavy atom. The van der Waals surface area contributed by atoms with Gasteiger partial charge in [0.25, 0.3) is 0 Å². The summed E-state index contributed by atoms with van der Waals surface area (Å²) in [5.74, 6) is 1.06. The molecule has 0 fully saturated rings. The SMILES string of the molecule is CCSc1cccc(Sc2cnn(C)c2)c1CN. The van der Waals surface area contributed by atoms with Crippen molar-refractivity contribution >= 4 is 23.5 Å². The molecule has 1 heterocycles. The van der Waals surface area contributed by atoms with E-state index in [9.17, 15) is 0 Å². The number of benzene rings is 1. The molecule has 2 rings (SSSR count). The minimum absolute atomic E-state index is 0.575. The second kappa shape index (κ2) is 6.31. The molecule has 0 spiro atoms. The van der Waals surface area contributed by atoms with Crippen LogP contribution >= 0.6 is 23.5 Å². The smallest absolute Gasteiger partial charge is 0.0629 e. The third-order valence-electron chi connectivity index (χ3n) is 2.50. The summed E-state index contributed by atoms with van der Waals surface area (Å²) in [5.41, 5.74) is 7.13. The molecule has 0 saturated heterocycles. The molecule has 0 amide bonds. The summed E-state index contributed by atoms with van der Waals surface area (Å²) in [6.07, 6.45) is 3.90. The van der Waals surface area contributed by atoms with Crippen LogP contribution in [0.1, 0.15) is 12.5 Å². The van der Waals surface area contributed by atoms with Gasteiger partial charge in [0, 0.05) is 29.6 Å². The van der Waals surface area contributed by atoms with Crippen LogP contribution in [0.5, 0.6) is 0 Å². The molecule has 2 N–H and O–H groups in total. The molecule has 0 radical (unpaired) electrons. The molecule has 0 aliphatic rings. The summed E-state index contributed by atoms with van der Waals surface area (Å²) in [4.78, 5) is 3.66. The van der Waals surface area contributed by atoms with Crippen molar-refractivity contribution in [1.29, 1.82) is 0 Å². The van der Waals surface area contributed by atoms with E-state index in [-0.39, 0.29) is 0 Å². The highest BCUT2D eigenvalue weighted by Gasteiger charge is 2.09. The largest absolute Gasteiger partial charge is 0.326 e. The third kappa shape index (κ3) is 3.10. The molecule has 1 aromatic carbocycles. The average Bonchev–Trinajstić information content (AvgIpc) is 2.76. The maximum Gasteiger partial charge on any atom is 0.0629 e. The van der Waals surface area contributed by atoms with Gasteiger partial charge in [0.1, 0.15) is 0 Å². The van der Waals surface area contributed by atoms with Crippen LogP contribution in [0, 0.1) is 0 Å². The summed E-state index contributed by atoms with van der Waals surface area (Å²) in [6, 6.07) is 6.36. The number of rotatable bonds is 5. The van der Waals surface area contributed by atoms with Crippen molar-refractivity contribution in [3.63, 3.8) is 0 Å². The number of hydrogen-bond acceptors (Lipinski definition) is 4. The third-order valence-corrected chi connectivity index (χ3v) is 4.53. The van der Waals surface area contributed by atoms with Gasteiger partial charge < -0.3 is 5.73 Å². The molecule has 2 aromatic rings. The lowest BCUT2D eigenvalue weighted by molar-refractivity contribution is 0.766. The second-order valence-electron chi connectivity index (χ2n) is 3.82. The van der Waals surface area contributed by atoms with Gasteiger partial charge in [0.2, 0.25) is 0 Å². The summed E-state index contributed by atoms with van der Waals surface area (Å²) in [7, 11) is 1.93. The Morgan fingerprint density at radius 3 is 2.72 bits per heavy atom. The van der Waals surface area contributed by atoms with Crippen LogP contribution in [0.25, 0.3) is 0 Å². The number of aryl methyl sites for hydroxylation is 1. The first-order valence-corrected chi connectivity index (χ1v) is 7.66. The monoisotopic (exact) mass is 279 g/mol. The lowest BCUT2D eigenvalue weighted by atomic mass is 10.2. The molecule has 3 nitrogen and oxygen atoms in total. The van der Waals surface area contributed by atoms with Gasteiger partial charge >= 0.3 is 0 Å². The summed E-state index contributed by atoms with van der Waals surface area (Å²) in [5, 5.41) is 4.19.